The third-order valence-electron chi connectivity index (χ3n) is 5.35. The summed E-state index contributed by atoms with van der Waals surface area (Å²) in [6.45, 7) is 0. The van der Waals surface area contributed by atoms with Gasteiger partial charge >= 0.3 is 0 Å². The highest BCUT2D eigenvalue weighted by atomic mass is 32.2. The zero-order valence-corrected chi connectivity index (χ0v) is 18.9. The molecule has 1 atom stereocenters. The topological polar surface area (TPSA) is 98.9 Å². The number of hydrazone groups is 1. The van der Waals surface area contributed by atoms with Gasteiger partial charge < -0.3 is 18.1 Å². The Morgan fingerprint density at radius 1 is 1.12 bits per heavy atom. The van der Waals surface area contributed by atoms with E-state index in [9.17, 15) is 4.79 Å². The SMILES string of the molecule is COc1ccc(-c2nnc(SCC(=O)N3N=C(c4ccco4)CC3c3ccco3)n2C)cc1. The van der Waals surface area contributed by atoms with E-state index in [0.29, 0.717) is 34.6 Å². The molecule has 1 aromatic carbocycles. The molecular weight excluding hydrogens is 442 g/mol. The zero-order chi connectivity index (χ0) is 22.8. The van der Waals surface area contributed by atoms with Crippen molar-refractivity contribution >= 4 is 23.4 Å². The molecule has 4 aromatic rings. The Labute approximate surface area is 194 Å². The van der Waals surface area contributed by atoms with Crippen LogP contribution in [0.15, 0.2) is 80.1 Å². The molecule has 168 valence electrons. The molecule has 0 bridgehead atoms. The smallest absolute Gasteiger partial charge is 0.253 e. The summed E-state index contributed by atoms with van der Waals surface area (Å²) in [6.07, 6.45) is 3.70. The number of carbonyl (C=O) groups excluding carboxylic acids is 1. The Hall–Kier alpha value is -3.79. The monoisotopic (exact) mass is 463 g/mol. The second-order valence-corrected chi connectivity index (χ2v) is 8.32. The van der Waals surface area contributed by atoms with E-state index in [2.05, 4.69) is 15.3 Å². The van der Waals surface area contributed by atoms with Crippen LogP contribution >= 0.6 is 11.8 Å². The van der Waals surface area contributed by atoms with Gasteiger partial charge in [-0.2, -0.15) is 5.10 Å². The maximum absolute atomic E-state index is 13.2. The van der Waals surface area contributed by atoms with E-state index in [4.69, 9.17) is 13.6 Å². The molecule has 0 saturated heterocycles. The van der Waals surface area contributed by atoms with Gasteiger partial charge in [0.25, 0.3) is 5.91 Å². The number of benzene rings is 1. The molecule has 9 nitrogen and oxygen atoms in total. The predicted molar refractivity (Wildman–Crippen MR) is 122 cm³/mol. The molecule has 1 aliphatic rings. The van der Waals surface area contributed by atoms with Crippen LogP contribution in [0.2, 0.25) is 0 Å². The molecule has 0 saturated carbocycles. The van der Waals surface area contributed by atoms with Gasteiger partial charge in [0.1, 0.15) is 29.0 Å². The summed E-state index contributed by atoms with van der Waals surface area (Å²) < 4.78 is 18.1. The highest BCUT2D eigenvalue weighted by molar-refractivity contribution is 7.99. The summed E-state index contributed by atoms with van der Waals surface area (Å²) >= 11 is 1.31. The van der Waals surface area contributed by atoms with Crippen LogP contribution in [0.1, 0.15) is 24.0 Å². The first kappa shape index (κ1) is 21.1. The fourth-order valence-corrected chi connectivity index (χ4v) is 4.42. The molecule has 0 fully saturated rings. The van der Waals surface area contributed by atoms with Crippen molar-refractivity contribution in [3.05, 3.63) is 72.6 Å². The van der Waals surface area contributed by atoms with Gasteiger partial charge in [0.15, 0.2) is 11.0 Å². The van der Waals surface area contributed by atoms with E-state index in [1.54, 1.807) is 31.8 Å². The lowest BCUT2D eigenvalue weighted by molar-refractivity contribution is -0.130. The lowest BCUT2D eigenvalue weighted by Crippen LogP contribution is -2.28. The molecule has 4 heterocycles. The molecule has 0 radical (unpaired) electrons. The maximum atomic E-state index is 13.2. The molecule has 1 amide bonds. The van der Waals surface area contributed by atoms with Gasteiger partial charge in [-0.3, -0.25) is 4.79 Å². The highest BCUT2D eigenvalue weighted by Gasteiger charge is 2.35. The van der Waals surface area contributed by atoms with Crippen LogP contribution in [0, 0.1) is 0 Å². The van der Waals surface area contributed by atoms with Crippen molar-refractivity contribution in [1.29, 1.82) is 0 Å². The van der Waals surface area contributed by atoms with Crippen LogP contribution in [0.3, 0.4) is 0 Å². The van der Waals surface area contributed by atoms with Crippen molar-refractivity contribution in [3.63, 3.8) is 0 Å². The van der Waals surface area contributed by atoms with Gasteiger partial charge in [0, 0.05) is 19.0 Å². The second kappa shape index (κ2) is 8.99. The summed E-state index contributed by atoms with van der Waals surface area (Å²) in [5.41, 5.74) is 1.62. The van der Waals surface area contributed by atoms with Gasteiger partial charge in [0.2, 0.25) is 0 Å². The number of nitrogens with zero attached hydrogens (tertiary/aromatic N) is 5. The molecule has 0 N–H and O–H groups in total. The highest BCUT2D eigenvalue weighted by Crippen LogP contribution is 2.34. The van der Waals surface area contributed by atoms with Crippen LogP contribution < -0.4 is 4.74 Å². The summed E-state index contributed by atoms with van der Waals surface area (Å²) in [4.78, 5) is 13.2. The predicted octanol–water partition coefficient (Wildman–Crippen LogP) is 4.15. The van der Waals surface area contributed by atoms with Crippen molar-refractivity contribution in [2.24, 2.45) is 12.1 Å². The van der Waals surface area contributed by atoms with Gasteiger partial charge in [-0.25, -0.2) is 5.01 Å². The number of ether oxygens (including phenoxy) is 1. The van der Waals surface area contributed by atoms with Gasteiger partial charge in [-0.1, -0.05) is 11.8 Å². The van der Waals surface area contributed by atoms with E-state index < -0.39 is 0 Å². The van der Waals surface area contributed by atoms with Crippen molar-refractivity contribution in [3.8, 4) is 17.1 Å². The quantitative estimate of drug-likeness (QED) is 0.380. The number of furan rings is 2. The third-order valence-corrected chi connectivity index (χ3v) is 6.36. The number of amides is 1. The maximum Gasteiger partial charge on any atom is 0.253 e. The van der Waals surface area contributed by atoms with Gasteiger partial charge in [-0.05, 0) is 48.5 Å². The lowest BCUT2D eigenvalue weighted by Gasteiger charge is -2.19. The van der Waals surface area contributed by atoms with Crippen molar-refractivity contribution in [2.45, 2.75) is 17.6 Å². The number of methoxy groups -OCH3 is 1. The van der Waals surface area contributed by atoms with E-state index in [1.807, 2.05) is 48.0 Å². The first-order valence-corrected chi connectivity index (χ1v) is 11.3. The normalized spacial score (nSPS) is 15.6. The molecule has 0 aliphatic carbocycles. The third kappa shape index (κ3) is 4.17. The summed E-state index contributed by atoms with van der Waals surface area (Å²) in [7, 11) is 3.50. The van der Waals surface area contributed by atoms with E-state index >= 15 is 0 Å². The number of hydrogen-bond donors (Lipinski definition) is 0. The number of rotatable bonds is 7. The standard InChI is InChI=1S/C23H21N5O4S/c1-27-22(15-7-9-16(30-2)10-8-15)24-25-23(27)33-14-21(29)28-18(20-6-4-12-32-20)13-17(26-28)19-5-3-11-31-19/h3-12,18H,13-14H2,1-2H3. The largest absolute Gasteiger partial charge is 0.497 e. The van der Waals surface area contributed by atoms with E-state index in [1.165, 1.54) is 16.8 Å². The minimum Gasteiger partial charge on any atom is -0.497 e. The Morgan fingerprint density at radius 2 is 1.91 bits per heavy atom. The molecule has 10 heteroatoms. The summed E-state index contributed by atoms with van der Waals surface area (Å²) in [6, 6.07) is 14.6. The van der Waals surface area contributed by atoms with Crippen LogP contribution in [-0.4, -0.2) is 44.3 Å². The average molecular weight is 464 g/mol. The molecule has 33 heavy (non-hydrogen) atoms. The Kier molecular flexibility index (Phi) is 5.74. The van der Waals surface area contributed by atoms with E-state index in [-0.39, 0.29) is 17.7 Å². The molecule has 1 aliphatic heterocycles. The Morgan fingerprint density at radius 3 is 2.61 bits per heavy atom. The number of aromatic nitrogens is 3. The van der Waals surface area contributed by atoms with Crippen LogP contribution in [0.25, 0.3) is 11.4 Å². The summed E-state index contributed by atoms with van der Waals surface area (Å²) in [5.74, 6) is 2.80. The zero-order valence-electron chi connectivity index (χ0n) is 18.0. The first-order valence-electron chi connectivity index (χ1n) is 10.3. The van der Waals surface area contributed by atoms with Crippen molar-refractivity contribution in [2.75, 3.05) is 12.9 Å². The van der Waals surface area contributed by atoms with Gasteiger partial charge in [-0.15, -0.1) is 10.2 Å². The number of thioether (sulfide) groups is 1. The molecular formula is C23H21N5O4S. The van der Waals surface area contributed by atoms with Crippen molar-refractivity contribution < 1.29 is 18.4 Å². The van der Waals surface area contributed by atoms with E-state index in [0.717, 1.165) is 11.3 Å². The fraction of sp³-hybridized carbons (Fsp3) is 0.217. The number of hydrogen-bond acceptors (Lipinski definition) is 8. The molecule has 0 spiro atoms. The van der Waals surface area contributed by atoms with Crippen LogP contribution in [-0.2, 0) is 11.8 Å². The minimum absolute atomic E-state index is 0.154. The first-order chi connectivity index (χ1) is 16.1. The van der Waals surface area contributed by atoms with Gasteiger partial charge in [0.05, 0.1) is 25.4 Å². The van der Waals surface area contributed by atoms with Crippen molar-refractivity contribution in [1.82, 2.24) is 19.8 Å². The molecule has 1 unspecified atom stereocenters. The average Bonchev–Trinajstić information content (AvgIpc) is 3.64. The molecule has 5 rings (SSSR count). The lowest BCUT2D eigenvalue weighted by atomic mass is 10.1. The number of carbonyl (C=O) groups is 1. The van der Waals surface area contributed by atoms with Crippen LogP contribution in [0.4, 0.5) is 0 Å². The summed E-state index contributed by atoms with van der Waals surface area (Å²) in [5, 5.41) is 15.2. The second-order valence-electron chi connectivity index (χ2n) is 7.38. The minimum atomic E-state index is -0.317. The fourth-order valence-electron chi connectivity index (χ4n) is 3.66. The Bertz CT molecular complexity index is 1260. The molecule has 3 aromatic heterocycles. The van der Waals surface area contributed by atoms with Crippen LogP contribution in [0.5, 0.6) is 5.75 Å². The Balaban J connectivity index is 1.32.